The first-order valence-corrected chi connectivity index (χ1v) is 9.27. The summed E-state index contributed by atoms with van der Waals surface area (Å²) in [5, 5.41) is 12.3. The van der Waals surface area contributed by atoms with Crippen LogP contribution in [0.5, 0.6) is 0 Å². The van der Waals surface area contributed by atoms with Crippen LogP contribution in [0.2, 0.25) is 0 Å². The average molecular weight is 379 g/mol. The Morgan fingerprint density at radius 2 is 2.07 bits per heavy atom. The van der Waals surface area contributed by atoms with E-state index in [0.29, 0.717) is 22.8 Å². The van der Waals surface area contributed by atoms with Crippen molar-refractivity contribution in [3.63, 3.8) is 0 Å². The van der Waals surface area contributed by atoms with E-state index in [-0.39, 0.29) is 12.2 Å². The number of carbonyl (C=O) groups excluding carboxylic acids is 1. The SMILES string of the molecule is CCOC(=O)/C(C#N)=C\c1ccc(-c2ccc(N3CCCCC3)c(N=O)c2)o1. The third-order valence-electron chi connectivity index (χ3n) is 4.58. The van der Waals surface area contributed by atoms with Crippen LogP contribution in [0, 0.1) is 16.2 Å². The molecule has 0 amide bonds. The number of nitroso groups, excluding NO2 is 1. The molecule has 1 aromatic heterocycles. The molecule has 0 radical (unpaired) electrons. The summed E-state index contributed by atoms with van der Waals surface area (Å²) in [6.07, 6.45) is 4.76. The highest BCUT2D eigenvalue weighted by molar-refractivity contribution is 5.97. The van der Waals surface area contributed by atoms with Crippen LogP contribution in [-0.4, -0.2) is 25.7 Å². The minimum absolute atomic E-state index is 0.140. The first-order valence-electron chi connectivity index (χ1n) is 9.27. The fraction of sp³-hybridized carbons (Fsp3) is 0.333. The lowest BCUT2D eigenvalue weighted by Crippen LogP contribution is -2.29. The lowest BCUT2D eigenvalue weighted by molar-refractivity contribution is -0.137. The zero-order valence-electron chi connectivity index (χ0n) is 15.7. The molecule has 2 heterocycles. The number of rotatable bonds is 6. The van der Waals surface area contributed by atoms with Crippen LogP contribution in [0.4, 0.5) is 11.4 Å². The summed E-state index contributed by atoms with van der Waals surface area (Å²) in [5.74, 6) is 0.170. The number of carbonyl (C=O) groups is 1. The molecule has 0 aliphatic carbocycles. The number of furan rings is 1. The van der Waals surface area contributed by atoms with E-state index >= 15 is 0 Å². The summed E-state index contributed by atoms with van der Waals surface area (Å²) in [5.41, 5.74) is 1.76. The molecule has 3 rings (SSSR count). The van der Waals surface area contributed by atoms with Crippen LogP contribution in [0.3, 0.4) is 0 Å². The smallest absolute Gasteiger partial charge is 0.349 e. The Kier molecular flexibility index (Phi) is 6.22. The Balaban J connectivity index is 1.86. The Morgan fingerprint density at radius 1 is 1.29 bits per heavy atom. The van der Waals surface area contributed by atoms with E-state index < -0.39 is 5.97 Å². The maximum absolute atomic E-state index is 11.7. The zero-order valence-corrected chi connectivity index (χ0v) is 15.7. The van der Waals surface area contributed by atoms with Crippen molar-refractivity contribution in [2.45, 2.75) is 26.2 Å². The fourth-order valence-electron chi connectivity index (χ4n) is 3.23. The summed E-state index contributed by atoms with van der Waals surface area (Å²) >= 11 is 0. The lowest BCUT2D eigenvalue weighted by atomic mass is 10.1. The van der Waals surface area contributed by atoms with E-state index in [1.165, 1.54) is 12.5 Å². The average Bonchev–Trinajstić information content (AvgIpc) is 3.21. The number of piperidine rings is 1. The molecule has 1 fully saturated rings. The number of ether oxygens (including phenoxy) is 1. The van der Waals surface area contributed by atoms with E-state index in [4.69, 9.17) is 14.4 Å². The Hall–Kier alpha value is -3.40. The van der Waals surface area contributed by atoms with Crippen LogP contribution in [0.1, 0.15) is 31.9 Å². The number of anilines is 1. The number of hydrogen-bond acceptors (Lipinski definition) is 7. The second kappa shape index (κ2) is 9.00. The number of hydrogen-bond donors (Lipinski definition) is 0. The second-order valence-corrected chi connectivity index (χ2v) is 6.43. The molecule has 0 atom stereocenters. The molecule has 1 aliphatic rings. The fourth-order valence-corrected chi connectivity index (χ4v) is 3.23. The standard InChI is InChI=1S/C21H21N3O4/c1-2-27-21(25)16(14-22)12-17-7-9-20(28-17)15-6-8-19(18(13-15)23-26)24-10-4-3-5-11-24/h6-9,12-13H,2-5,10-11H2,1H3/b16-12-. The lowest BCUT2D eigenvalue weighted by Gasteiger charge is -2.29. The molecular formula is C21H21N3O4. The predicted molar refractivity (Wildman–Crippen MR) is 106 cm³/mol. The highest BCUT2D eigenvalue weighted by Gasteiger charge is 2.17. The first kappa shape index (κ1) is 19.4. The van der Waals surface area contributed by atoms with Crippen LogP contribution in [0.25, 0.3) is 17.4 Å². The Bertz CT molecular complexity index is 933. The molecule has 7 nitrogen and oxygen atoms in total. The van der Waals surface area contributed by atoms with E-state index in [0.717, 1.165) is 31.6 Å². The zero-order chi connectivity index (χ0) is 19.9. The second-order valence-electron chi connectivity index (χ2n) is 6.43. The van der Waals surface area contributed by atoms with Gasteiger partial charge in [0, 0.05) is 24.7 Å². The molecule has 0 N–H and O–H groups in total. The van der Waals surface area contributed by atoms with Gasteiger partial charge < -0.3 is 14.1 Å². The van der Waals surface area contributed by atoms with E-state index in [1.807, 2.05) is 18.2 Å². The maximum atomic E-state index is 11.7. The molecule has 1 saturated heterocycles. The highest BCUT2D eigenvalue weighted by Crippen LogP contribution is 2.35. The number of nitrogens with zero attached hydrogens (tertiary/aromatic N) is 3. The monoisotopic (exact) mass is 379 g/mol. The summed E-state index contributed by atoms with van der Waals surface area (Å²) in [7, 11) is 0. The van der Waals surface area contributed by atoms with Gasteiger partial charge in [0.1, 0.15) is 28.9 Å². The molecule has 0 spiro atoms. The van der Waals surface area contributed by atoms with Gasteiger partial charge in [-0.05, 0) is 61.7 Å². The summed E-state index contributed by atoms with van der Waals surface area (Å²) in [6, 6.07) is 10.6. The van der Waals surface area contributed by atoms with Crippen molar-refractivity contribution in [3.8, 4) is 17.4 Å². The minimum atomic E-state index is -0.693. The van der Waals surface area contributed by atoms with Gasteiger partial charge in [-0.3, -0.25) is 0 Å². The van der Waals surface area contributed by atoms with Gasteiger partial charge in [-0.25, -0.2) is 4.79 Å². The molecule has 28 heavy (non-hydrogen) atoms. The molecule has 7 heteroatoms. The van der Waals surface area contributed by atoms with Crippen molar-refractivity contribution in [2.24, 2.45) is 5.18 Å². The highest BCUT2D eigenvalue weighted by atomic mass is 16.5. The molecule has 0 bridgehead atoms. The van der Waals surface area contributed by atoms with Gasteiger partial charge in [0.2, 0.25) is 0 Å². The van der Waals surface area contributed by atoms with E-state index in [1.54, 1.807) is 25.1 Å². The van der Waals surface area contributed by atoms with Gasteiger partial charge in [-0.15, -0.1) is 4.91 Å². The number of benzene rings is 1. The van der Waals surface area contributed by atoms with Gasteiger partial charge in [0.15, 0.2) is 0 Å². The van der Waals surface area contributed by atoms with Crippen molar-refractivity contribution in [3.05, 3.63) is 46.6 Å². The Labute approximate surface area is 163 Å². The number of nitriles is 1. The van der Waals surface area contributed by atoms with Crippen LogP contribution >= 0.6 is 0 Å². The van der Waals surface area contributed by atoms with E-state index in [9.17, 15) is 9.70 Å². The summed E-state index contributed by atoms with van der Waals surface area (Å²) < 4.78 is 10.6. The van der Waals surface area contributed by atoms with Crippen molar-refractivity contribution in [1.82, 2.24) is 0 Å². The molecular weight excluding hydrogens is 358 g/mol. The molecule has 0 saturated carbocycles. The predicted octanol–water partition coefficient (Wildman–Crippen LogP) is 4.80. The molecule has 144 valence electrons. The maximum Gasteiger partial charge on any atom is 0.349 e. The quantitative estimate of drug-likeness (QED) is 0.309. The van der Waals surface area contributed by atoms with Gasteiger partial charge in [-0.1, -0.05) is 0 Å². The van der Waals surface area contributed by atoms with Crippen molar-refractivity contribution in [2.75, 3.05) is 24.6 Å². The van der Waals surface area contributed by atoms with Gasteiger partial charge >= 0.3 is 5.97 Å². The summed E-state index contributed by atoms with van der Waals surface area (Å²) in [6.45, 7) is 3.70. The van der Waals surface area contributed by atoms with Crippen LogP contribution in [-0.2, 0) is 9.53 Å². The molecule has 0 unspecified atom stereocenters. The number of esters is 1. The van der Waals surface area contributed by atoms with Crippen LogP contribution in [0.15, 0.2) is 45.5 Å². The van der Waals surface area contributed by atoms with E-state index in [2.05, 4.69) is 10.1 Å². The third-order valence-corrected chi connectivity index (χ3v) is 4.58. The van der Waals surface area contributed by atoms with Gasteiger partial charge in [-0.2, -0.15) is 5.26 Å². The third kappa shape index (κ3) is 4.29. The van der Waals surface area contributed by atoms with Crippen molar-refractivity contribution in [1.29, 1.82) is 5.26 Å². The van der Waals surface area contributed by atoms with Crippen LogP contribution < -0.4 is 4.90 Å². The van der Waals surface area contributed by atoms with Crippen molar-refractivity contribution >= 4 is 23.4 Å². The molecule has 1 aliphatic heterocycles. The normalized spacial score (nSPS) is 14.4. The van der Waals surface area contributed by atoms with Crippen molar-refractivity contribution < 1.29 is 13.9 Å². The molecule has 2 aromatic rings. The van der Waals surface area contributed by atoms with Gasteiger partial charge in [0.25, 0.3) is 0 Å². The molecule has 1 aromatic carbocycles. The van der Waals surface area contributed by atoms with Gasteiger partial charge in [0.05, 0.1) is 12.3 Å². The summed E-state index contributed by atoms with van der Waals surface area (Å²) in [4.78, 5) is 25.3. The minimum Gasteiger partial charge on any atom is -0.462 e. The Morgan fingerprint density at radius 3 is 2.75 bits per heavy atom. The topological polar surface area (TPSA) is 95.9 Å². The first-order chi connectivity index (χ1) is 13.7. The largest absolute Gasteiger partial charge is 0.462 e.